The molecule has 0 aromatic carbocycles. The van der Waals surface area contributed by atoms with Crippen LogP contribution in [0.5, 0.6) is 0 Å². The van der Waals surface area contributed by atoms with Gasteiger partial charge in [-0.3, -0.25) is 0 Å². The third-order valence-electron chi connectivity index (χ3n) is 3.32. The first kappa shape index (κ1) is 14.5. The van der Waals surface area contributed by atoms with Gasteiger partial charge in [0.15, 0.2) is 0 Å². The van der Waals surface area contributed by atoms with Crippen LogP contribution in [0.4, 0.5) is 0 Å². The van der Waals surface area contributed by atoms with Crippen LogP contribution in [0.1, 0.15) is 25.1 Å². The minimum atomic E-state index is -3.15. The molecule has 1 aromatic heterocycles. The van der Waals surface area contributed by atoms with Crippen LogP contribution in [0.3, 0.4) is 0 Å². The van der Waals surface area contributed by atoms with E-state index in [1.54, 1.807) is 16.8 Å². The normalized spacial score (nSPS) is 20.7. The van der Waals surface area contributed by atoms with Crippen molar-refractivity contribution in [1.82, 2.24) is 18.8 Å². The maximum Gasteiger partial charge on any atom is 0.214 e. The van der Waals surface area contributed by atoms with E-state index in [-0.39, 0.29) is 11.8 Å². The highest BCUT2D eigenvalue weighted by Crippen LogP contribution is 2.24. The topological polar surface area (TPSA) is 58.4 Å². The fourth-order valence-corrected chi connectivity index (χ4v) is 4.02. The molecule has 1 aromatic rings. The van der Waals surface area contributed by atoms with Crippen molar-refractivity contribution < 1.29 is 8.42 Å². The van der Waals surface area contributed by atoms with E-state index >= 15 is 0 Å². The van der Waals surface area contributed by atoms with Crippen molar-refractivity contribution in [2.45, 2.75) is 25.9 Å². The smallest absolute Gasteiger partial charge is 0.214 e. The van der Waals surface area contributed by atoms with Crippen molar-refractivity contribution >= 4 is 10.0 Å². The van der Waals surface area contributed by atoms with Crippen molar-refractivity contribution in [3.63, 3.8) is 0 Å². The Kier molecular flexibility index (Phi) is 4.27. The molecule has 0 bridgehead atoms. The number of sulfonamides is 1. The van der Waals surface area contributed by atoms with Crippen LogP contribution in [0.25, 0.3) is 0 Å². The number of likely N-dealkylation sites (N-methyl/N-ethyl adjacent to an activating group) is 1. The Hall–Kier alpha value is -0.920. The molecule has 1 aliphatic rings. The van der Waals surface area contributed by atoms with Crippen LogP contribution in [0, 0.1) is 0 Å². The summed E-state index contributed by atoms with van der Waals surface area (Å²) in [6, 6.07) is 0.132. The largest absolute Gasteiger partial charge is 0.328 e. The SMILES string of the molecule is CCCS(=O)(=O)N1Cc2cncn2[C@H](CN(C)C)C1. The molecular weight excluding hydrogens is 264 g/mol. The second kappa shape index (κ2) is 5.60. The summed E-state index contributed by atoms with van der Waals surface area (Å²) in [5.74, 6) is 0.218. The van der Waals surface area contributed by atoms with Crippen molar-refractivity contribution in [1.29, 1.82) is 0 Å². The zero-order valence-corrected chi connectivity index (χ0v) is 12.6. The van der Waals surface area contributed by atoms with Gasteiger partial charge in [-0.15, -0.1) is 0 Å². The van der Waals surface area contributed by atoms with E-state index in [0.717, 1.165) is 12.2 Å². The predicted molar refractivity (Wildman–Crippen MR) is 74.3 cm³/mol. The fraction of sp³-hybridized carbons (Fsp3) is 0.750. The van der Waals surface area contributed by atoms with Crippen LogP contribution in [0.2, 0.25) is 0 Å². The van der Waals surface area contributed by atoms with Crippen molar-refractivity contribution in [2.75, 3.05) is 32.9 Å². The van der Waals surface area contributed by atoms with Crippen molar-refractivity contribution in [2.24, 2.45) is 0 Å². The summed E-state index contributed by atoms with van der Waals surface area (Å²) in [6.07, 6.45) is 4.21. The third kappa shape index (κ3) is 3.16. The van der Waals surface area contributed by atoms with E-state index in [4.69, 9.17) is 0 Å². The summed E-state index contributed by atoms with van der Waals surface area (Å²) < 4.78 is 28.2. The van der Waals surface area contributed by atoms with Gasteiger partial charge in [-0.1, -0.05) is 6.92 Å². The lowest BCUT2D eigenvalue weighted by Crippen LogP contribution is -2.44. The van der Waals surface area contributed by atoms with Crippen LogP contribution in [-0.2, 0) is 16.6 Å². The van der Waals surface area contributed by atoms with Gasteiger partial charge in [-0.05, 0) is 20.5 Å². The Morgan fingerprint density at radius 2 is 2.21 bits per heavy atom. The van der Waals surface area contributed by atoms with E-state index in [1.807, 2.05) is 21.0 Å². The summed E-state index contributed by atoms with van der Waals surface area (Å²) in [4.78, 5) is 6.22. The molecule has 0 fully saturated rings. The molecule has 0 saturated heterocycles. The number of hydrogen-bond donors (Lipinski definition) is 0. The minimum Gasteiger partial charge on any atom is -0.328 e. The molecule has 6 nitrogen and oxygen atoms in total. The Morgan fingerprint density at radius 1 is 1.47 bits per heavy atom. The molecule has 0 saturated carbocycles. The quantitative estimate of drug-likeness (QED) is 0.793. The fourth-order valence-electron chi connectivity index (χ4n) is 2.52. The van der Waals surface area contributed by atoms with Gasteiger partial charge < -0.3 is 9.47 Å². The van der Waals surface area contributed by atoms with Gasteiger partial charge in [0.1, 0.15) is 0 Å². The van der Waals surface area contributed by atoms with Crippen LogP contribution < -0.4 is 0 Å². The minimum absolute atomic E-state index is 0.132. The van der Waals surface area contributed by atoms with Crippen LogP contribution in [0.15, 0.2) is 12.5 Å². The number of fused-ring (bicyclic) bond motifs is 1. The number of hydrogen-bond acceptors (Lipinski definition) is 4. The number of imidazole rings is 1. The molecule has 2 rings (SSSR count). The Morgan fingerprint density at radius 3 is 2.84 bits per heavy atom. The highest BCUT2D eigenvalue weighted by atomic mass is 32.2. The van der Waals surface area contributed by atoms with E-state index in [9.17, 15) is 8.42 Å². The van der Waals surface area contributed by atoms with E-state index in [1.165, 1.54) is 0 Å². The first-order valence-electron chi connectivity index (χ1n) is 6.57. The van der Waals surface area contributed by atoms with Gasteiger partial charge in [0.05, 0.1) is 30.4 Å². The Bertz CT molecular complexity index is 524. The molecule has 19 heavy (non-hydrogen) atoms. The lowest BCUT2D eigenvalue weighted by molar-refractivity contribution is 0.234. The molecular formula is C12H22N4O2S. The molecule has 0 unspecified atom stereocenters. The van der Waals surface area contributed by atoms with E-state index in [2.05, 4.69) is 14.5 Å². The molecule has 0 amide bonds. The summed E-state index contributed by atoms with van der Waals surface area (Å²) in [6.45, 7) is 3.67. The molecule has 0 aliphatic carbocycles. The van der Waals surface area contributed by atoms with Gasteiger partial charge in [0.25, 0.3) is 0 Å². The monoisotopic (exact) mass is 286 g/mol. The summed E-state index contributed by atoms with van der Waals surface area (Å²) in [5, 5.41) is 0. The molecule has 1 atom stereocenters. The molecule has 0 N–H and O–H groups in total. The molecule has 1 aliphatic heterocycles. The molecule has 108 valence electrons. The first-order chi connectivity index (χ1) is 8.94. The summed E-state index contributed by atoms with van der Waals surface area (Å²) in [5.41, 5.74) is 0.970. The highest BCUT2D eigenvalue weighted by molar-refractivity contribution is 7.89. The molecule has 2 heterocycles. The lowest BCUT2D eigenvalue weighted by atomic mass is 10.2. The zero-order valence-electron chi connectivity index (χ0n) is 11.8. The first-order valence-corrected chi connectivity index (χ1v) is 8.18. The summed E-state index contributed by atoms with van der Waals surface area (Å²) >= 11 is 0. The van der Waals surface area contributed by atoms with Gasteiger partial charge in [0.2, 0.25) is 10.0 Å². The van der Waals surface area contributed by atoms with E-state index < -0.39 is 10.0 Å². The van der Waals surface area contributed by atoms with Crippen LogP contribution >= 0.6 is 0 Å². The maximum atomic E-state index is 12.2. The van der Waals surface area contributed by atoms with Gasteiger partial charge in [-0.25, -0.2) is 13.4 Å². The Balaban J connectivity index is 2.24. The standard InChI is InChI=1S/C12H22N4O2S/c1-4-5-19(17,18)15-8-11-6-13-10-16(11)12(9-15)7-14(2)3/h6,10,12H,4-5,7-9H2,1-3H3/t12-/m1/s1. The molecule has 0 radical (unpaired) electrons. The average Bonchev–Trinajstić information content (AvgIpc) is 2.76. The average molecular weight is 286 g/mol. The second-order valence-electron chi connectivity index (χ2n) is 5.32. The van der Waals surface area contributed by atoms with Gasteiger partial charge >= 0.3 is 0 Å². The second-order valence-corrected chi connectivity index (χ2v) is 7.41. The maximum absolute atomic E-state index is 12.2. The van der Waals surface area contributed by atoms with Crippen LogP contribution in [-0.4, -0.2) is 60.1 Å². The number of rotatable bonds is 5. The predicted octanol–water partition coefficient (Wildman–Crippen LogP) is 0.541. The lowest BCUT2D eigenvalue weighted by Gasteiger charge is -2.35. The van der Waals surface area contributed by atoms with E-state index in [0.29, 0.717) is 19.5 Å². The van der Waals surface area contributed by atoms with Crippen molar-refractivity contribution in [3.8, 4) is 0 Å². The molecule has 0 spiro atoms. The summed E-state index contributed by atoms with van der Waals surface area (Å²) in [7, 11) is 0.843. The zero-order chi connectivity index (χ0) is 14.0. The van der Waals surface area contributed by atoms with Gasteiger partial charge in [-0.2, -0.15) is 4.31 Å². The number of aromatic nitrogens is 2. The highest BCUT2D eigenvalue weighted by Gasteiger charge is 2.31. The number of nitrogens with zero attached hydrogens (tertiary/aromatic N) is 4. The Labute approximate surface area is 115 Å². The van der Waals surface area contributed by atoms with Gasteiger partial charge in [0, 0.05) is 19.3 Å². The third-order valence-corrected chi connectivity index (χ3v) is 5.31. The van der Waals surface area contributed by atoms with Crippen molar-refractivity contribution in [3.05, 3.63) is 18.2 Å². The molecule has 7 heteroatoms.